The fourth-order valence-electron chi connectivity index (χ4n) is 4.56. The van der Waals surface area contributed by atoms with Gasteiger partial charge in [0.1, 0.15) is 5.82 Å². The summed E-state index contributed by atoms with van der Waals surface area (Å²) in [6, 6.07) is 7.86. The van der Waals surface area contributed by atoms with E-state index in [0.29, 0.717) is 41.2 Å². The molecule has 0 bridgehead atoms. The van der Waals surface area contributed by atoms with E-state index in [1.165, 1.54) is 6.07 Å². The molecule has 2 heterocycles. The lowest BCUT2D eigenvalue weighted by molar-refractivity contribution is -0.131. The fourth-order valence-corrected chi connectivity index (χ4v) is 5.25. The number of aliphatic hydroxyl groups excluding tert-OH is 1. The fraction of sp³-hybridized carbons (Fsp3) is 0.360. The monoisotopic (exact) mass is 505 g/mol. The summed E-state index contributed by atoms with van der Waals surface area (Å²) in [5.74, 6) is -0.784. The van der Waals surface area contributed by atoms with Crippen LogP contribution in [0.25, 0.3) is 10.8 Å². The van der Waals surface area contributed by atoms with Crippen LogP contribution in [-0.4, -0.2) is 40.6 Å². The number of anilines is 1. The van der Waals surface area contributed by atoms with E-state index in [2.05, 4.69) is 10.3 Å². The molecule has 9 heteroatoms. The number of hydrogen-bond acceptors (Lipinski definition) is 4. The average Bonchev–Trinajstić information content (AvgIpc) is 2.78. The molecule has 1 unspecified atom stereocenters. The summed E-state index contributed by atoms with van der Waals surface area (Å²) >= 11 is 12.5. The van der Waals surface area contributed by atoms with Crippen LogP contribution in [0.3, 0.4) is 0 Å². The zero-order chi connectivity index (χ0) is 24.4. The first-order chi connectivity index (χ1) is 16.3. The molecule has 1 aliphatic heterocycles. The lowest BCUT2D eigenvalue weighted by Crippen LogP contribution is -2.42. The molecule has 0 aliphatic carbocycles. The molecule has 1 amide bonds. The quantitative estimate of drug-likeness (QED) is 0.400. The third kappa shape index (κ3) is 5.06. The van der Waals surface area contributed by atoms with E-state index in [4.69, 9.17) is 28.3 Å². The Kier molecular flexibility index (Phi) is 7.45. The topological polar surface area (TPSA) is 85.4 Å². The Bertz CT molecular complexity index is 1290. The summed E-state index contributed by atoms with van der Waals surface area (Å²) in [7, 11) is 0. The van der Waals surface area contributed by atoms with Gasteiger partial charge in [0.25, 0.3) is 5.56 Å². The Hall–Kier alpha value is -2.61. The second kappa shape index (κ2) is 10.3. The molecule has 1 atom stereocenters. The molecular formula is C25H26Cl2FN3O3. The van der Waals surface area contributed by atoms with Crippen LogP contribution < -0.4 is 10.9 Å². The minimum Gasteiger partial charge on any atom is -0.396 e. The maximum absolute atomic E-state index is 14.7. The zero-order valence-electron chi connectivity index (χ0n) is 18.8. The van der Waals surface area contributed by atoms with E-state index in [9.17, 15) is 14.0 Å². The van der Waals surface area contributed by atoms with E-state index < -0.39 is 5.82 Å². The maximum Gasteiger partial charge on any atom is 0.256 e. The van der Waals surface area contributed by atoms with Crippen LogP contribution in [0.1, 0.15) is 42.6 Å². The van der Waals surface area contributed by atoms with E-state index in [-0.39, 0.29) is 41.7 Å². The molecule has 2 aromatic carbocycles. The highest BCUT2D eigenvalue weighted by Crippen LogP contribution is 2.37. The molecule has 0 saturated heterocycles. The highest BCUT2D eigenvalue weighted by Gasteiger charge is 2.29. The van der Waals surface area contributed by atoms with Crippen molar-refractivity contribution >= 4 is 45.6 Å². The number of H-pyrrole nitrogens is 1. The Morgan fingerprint density at radius 1 is 1.24 bits per heavy atom. The number of hydrogen-bond donors (Lipinski definition) is 3. The molecular weight excluding hydrogens is 480 g/mol. The van der Waals surface area contributed by atoms with Crippen molar-refractivity contribution in [3.8, 4) is 0 Å². The SMILES string of the molecule is CC1c2c(Cl)cc(Cl)cc2CCN1C(=O)CNc1cc2cc(CCCCO)[nH]c(=O)c2cc1F. The third-order valence-electron chi connectivity index (χ3n) is 6.28. The highest BCUT2D eigenvalue weighted by atomic mass is 35.5. The van der Waals surface area contributed by atoms with Crippen LogP contribution in [0, 0.1) is 5.82 Å². The molecule has 0 saturated carbocycles. The average molecular weight is 506 g/mol. The number of amides is 1. The number of carbonyl (C=O) groups excluding carboxylic acids is 1. The van der Waals surface area contributed by atoms with Crippen molar-refractivity contribution in [1.82, 2.24) is 9.88 Å². The number of carbonyl (C=O) groups is 1. The van der Waals surface area contributed by atoms with Gasteiger partial charge in [0.15, 0.2) is 0 Å². The molecule has 1 aliphatic rings. The van der Waals surface area contributed by atoms with Gasteiger partial charge < -0.3 is 20.3 Å². The molecule has 1 aromatic heterocycles. The van der Waals surface area contributed by atoms with Gasteiger partial charge in [-0.3, -0.25) is 9.59 Å². The molecule has 6 nitrogen and oxygen atoms in total. The van der Waals surface area contributed by atoms with E-state index in [1.54, 1.807) is 23.1 Å². The Balaban J connectivity index is 1.50. The maximum atomic E-state index is 14.7. The number of aromatic nitrogens is 1. The number of pyridine rings is 1. The van der Waals surface area contributed by atoms with Gasteiger partial charge in [0, 0.05) is 28.9 Å². The van der Waals surface area contributed by atoms with E-state index >= 15 is 0 Å². The molecule has 4 rings (SSSR count). The summed E-state index contributed by atoms with van der Waals surface area (Å²) in [5.41, 5.74) is 2.42. The standard InChI is InChI=1S/C25H26Cl2FN3O3/c1-14-24-15(8-17(26)11-20(24)27)5-6-31(14)23(33)13-29-22-10-16-9-18(4-2-3-7-32)30-25(34)19(16)12-21(22)28/h8-12,14,29,32H,2-7,13H2,1H3,(H,30,34). The van der Waals surface area contributed by atoms with Crippen LogP contribution in [0.4, 0.5) is 10.1 Å². The van der Waals surface area contributed by atoms with Crippen molar-refractivity contribution in [3.05, 3.63) is 73.4 Å². The normalized spacial score (nSPS) is 15.4. The van der Waals surface area contributed by atoms with Crippen molar-refractivity contribution in [3.63, 3.8) is 0 Å². The Morgan fingerprint density at radius 3 is 2.79 bits per heavy atom. The number of aryl methyl sites for hydroxylation is 1. The van der Waals surface area contributed by atoms with Crippen molar-refractivity contribution in [2.24, 2.45) is 0 Å². The number of halogens is 3. The lowest BCUT2D eigenvalue weighted by atomic mass is 9.93. The lowest BCUT2D eigenvalue weighted by Gasteiger charge is -2.36. The number of aliphatic hydroxyl groups is 1. The van der Waals surface area contributed by atoms with E-state index in [1.807, 2.05) is 13.0 Å². The van der Waals surface area contributed by atoms with Gasteiger partial charge in [-0.2, -0.15) is 0 Å². The van der Waals surface area contributed by atoms with Crippen molar-refractivity contribution < 1.29 is 14.3 Å². The van der Waals surface area contributed by atoms with Gasteiger partial charge in [-0.05, 0) is 79.5 Å². The molecule has 0 radical (unpaired) electrons. The predicted molar refractivity (Wildman–Crippen MR) is 133 cm³/mol. The molecule has 3 N–H and O–H groups in total. The van der Waals surface area contributed by atoms with Crippen LogP contribution in [0.5, 0.6) is 0 Å². The molecule has 180 valence electrons. The van der Waals surface area contributed by atoms with Crippen LogP contribution >= 0.6 is 23.2 Å². The van der Waals surface area contributed by atoms with Crippen molar-refractivity contribution in [1.29, 1.82) is 0 Å². The minimum atomic E-state index is -0.603. The van der Waals surface area contributed by atoms with Crippen molar-refractivity contribution in [2.75, 3.05) is 25.0 Å². The van der Waals surface area contributed by atoms with Gasteiger partial charge in [0.2, 0.25) is 5.91 Å². The third-order valence-corrected chi connectivity index (χ3v) is 6.81. The number of unbranched alkanes of at least 4 members (excludes halogenated alkanes) is 1. The first-order valence-electron chi connectivity index (χ1n) is 11.3. The number of aromatic amines is 1. The van der Waals surface area contributed by atoms with Crippen LogP contribution in [-0.2, 0) is 17.6 Å². The van der Waals surface area contributed by atoms with Gasteiger partial charge in [-0.15, -0.1) is 0 Å². The number of benzene rings is 2. The zero-order valence-corrected chi connectivity index (χ0v) is 20.3. The first kappa shape index (κ1) is 24.5. The van der Waals surface area contributed by atoms with Crippen molar-refractivity contribution in [2.45, 2.75) is 38.6 Å². The second-order valence-corrected chi connectivity index (χ2v) is 9.39. The number of nitrogens with zero attached hydrogens (tertiary/aromatic N) is 1. The summed E-state index contributed by atoms with van der Waals surface area (Å²) in [5, 5.41) is 13.8. The molecule has 34 heavy (non-hydrogen) atoms. The summed E-state index contributed by atoms with van der Waals surface area (Å²) in [4.78, 5) is 29.9. The Labute approximate surface area is 206 Å². The number of nitrogens with one attached hydrogen (secondary N) is 2. The number of rotatable bonds is 7. The molecule has 0 spiro atoms. The summed E-state index contributed by atoms with van der Waals surface area (Å²) in [6.45, 7) is 2.42. The van der Waals surface area contributed by atoms with E-state index in [0.717, 1.165) is 23.2 Å². The van der Waals surface area contributed by atoms with Gasteiger partial charge in [-0.1, -0.05) is 23.2 Å². The summed E-state index contributed by atoms with van der Waals surface area (Å²) < 4.78 is 14.7. The highest BCUT2D eigenvalue weighted by molar-refractivity contribution is 6.35. The predicted octanol–water partition coefficient (Wildman–Crippen LogP) is 4.85. The van der Waals surface area contributed by atoms with Gasteiger partial charge in [0.05, 0.1) is 23.7 Å². The molecule has 0 fully saturated rings. The number of fused-ring (bicyclic) bond motifs is 2. The molecule has 3 aromatic rings. The van der Waals surface area contributed by atoms with Crippen LogP contribution in [0.2, 0.25) is 10.0 Å². The first-order valence-corrected chi connectivity index (χ1v) is 12.0. The van der Waals surface area contributed by atoms with Crippen LogP contribution in [0.15, 0.2) is 35.1 Å². The largest absolute Gasteiger partial charge is 0.396 e. The Morgan fingerprint density at radius 2 is 2.03 bits per heavy atom. The smallest absolute Gasteiger partial charge is 0.256 e. The second-order valence-electron chi connectivity index (χ2n) is 8.55. The minimum absolute atomic E-state index is 0.0896. The summed E-state index contributed by atoms with van der Waals surface area (Å²) in [6.07, 6.45) is 2.60. The van der Waals surface area contributed by atoms with Gasteiger partial charge >= 0.3 is 0 Å². The van der Waals surface area contributed by atoms with Gasteiger partial charge in [-0.25, -0.2) is 4.39 Å².